The highest BCUT2D eigenvalue weighted by Crippen LogP contribution is 2.24. The zero-order valence-corrected chi connectivity index (χ0v) is 13.0. The minimum Gasteiger partial charge on any atom is -0.322 e. The largest absolute Gasteiger partial charge is 0.322 e. The summed E-state index contributed by atoms with van der Waals surface area (Å²) in [6.07, 6.45) is 3.43. The Labute approximate surface area is 127 Å². The van der Waals surface area contributed by atoms with Gasteiger partial charge in [-0.3, -0.25) is 4.79 Å². The average Bonchev–Trinajstić information content (AvgIpc) is 2.90. The summed E-state index contributed by atoms with van der Waals surface area (Å²) >= 11 is 3.48. The molecule has 2 aromatic rings. The van der Waals surface area contributed by atoms with Gasteiger partial charge in [0.25, 0.3) is 5.91 Å². The summed E-state index contributed by atoms with van der Waals surface area (Å²) in [6, 6.07) is 11.9. The van der Waals surface area contributed by atoms with E-state index >= 15 is 0 Å². The van der Waals surface area contributed by atoms with E-state index < -0.39 is 0 Å². The second kappa shape index (κ2) is 5.41. The minimum absolute atomic E-state index is 0.0459. The van der Waals surface area contributed by atoms with Gasteiger partial charge >= 0.3 is 0 Å². The fourth-order valence-electron chi connectivity index (χ4n) is 2.59. The summed E-state index contributed by atoms with van der Waals surface area (Å²) in [6.45, 7) is 2.02. The molecule has 0 aliphatic heterocycles. The molecular weight excluding hydrogens is 314 g/mol. The van der Waals surface area contributed by atoms with E-state index in [0.29, 0.717) is 0 Å². The molecule has 2 nitrogen and oxygen atoms in total. The Hall–Kier alpha value is -1.61. The summed E-state index contributed by atoms with van der Waals surface area (Å²) < 4.78 is 1.00. The Bertz CT molecular complexity index is 679. The van der Waals surface area contributed by atoms with Crippen molar-refractivity contribution in [2.45, 2.75) is 26.2 Å². The van der Waals surface area contributed by atoms with E-state index in [2.05, 4.69) is 27.3 Å². The van der Waals surface area contributed by atoms with Crippen molar-refractivity contribution < 1.29 is 4.79 Å². The molecule has 0 fully saturated rings. The fraction of sp³-hybridized carbons (Fsp3) is 0.235. The van der Waals surface area contributed by atoms with Gasteiger partial charge in [0, 0.05) is 15.7 Å². The lowest BCUT2D eigenvalue weighted by molar-refractivity contribution is 0.102. The van der Waals surface area contributed by atoms with Crippen LogP contribution in [0.15, 0.2) is 40.9 Å². The number of anilines is 1. The van der Waals surface area contributed by atoms with Crippen LogP contribution >= 0.6 is 15.9 Å². The Kier molecular flexibility index (Phi) is 3.62. The predicted octanol–water partition coefficient (Wildman–Crippen LogP) is 4.50. The first-order valence-electron chi connectivity index (χ1n) is 6.83. The van der Waals surface area contributed by atoms with Crippen molar-refractivity contribution in [3.63, 3.8) is 0 Å². The van der Waals surface area contributed by atoms with Gasteiger partial charge in [-0.05, 0) is 67.1 Å². The lowest BCUT2D eigenvalue weighted by atomic mass is 10.1. The molecule has 0 bridgehead atoms. The molecule has 3 heteroatoms. The van der Waals surface area contributed by atoms with Crippen LogP contribution in [0.1, 0.15) is 33.5 Å². The van der Waals surface area contributed by atoms with Crippen molar-refractivity contribution in [1.82, 2.24) is 0 Å². The molecule has 2 aromatic carbocycles. The third-order valence-corrected chi connectivity index (χ3v) is 4.64. The van der Waals surface area contributed by atoms with Crippen LogP contribution in [0.4, 0.5) is 5.69 Å². The number of carbonyl (C=O) groups is 1. The third-order valence-electron chi connectivity index (χ3n) is 3.79. The number of nitrogens with one attached hydrogen (secondary N) is 1. The van der Waals surface area contributed by atoms with Crippen molar-refractivity contribution in [2.24, 2.45) is 0 Å². The number of aryl methyl sites for hydroxylation is 3. The average molecular weight is 330 g/mol. The molecule has 0 heterocycles. The standard InChI is InChI=1S/C17H16BrNO/c1-11-5-8-15(10-16(11)18)19-17(20)14-7-6-12-3-2-4-13(12)9-14/h5-10H,2-4H2,1H3,(H,19,20). The molecule has 1 aliphatic rings. The van der Waals surface area contributed by atoms with E-state index in [1.54, 1.807) is 0 Å². The monoisotopic (exact) mass is 329 g/mol. The lowest BCUT2D eigenvalue weighted by Crippen LogP contribution is -2.12. The highest BCUT2D eigenvalue weighted by molar-refractivity contribution is 9.10. The molecule has 0 aromatic heterocycles. The topological polar surface area (TPSA) is 29.1 Å². The number of halogens is 1. The van der Waals surface area contributed by atoms with Crippen molar-refractivity contribution >= 4 is 27.5 Å². The molecule has 0 saturated heterocycles. The SMILES string of the molecule is Cc1ccc(NC(=O)c2ccc3c(c2)CCC3)cc1Br. The van der Waals surface area contributed by atoms with Gasteiger partial charge in [0.05, 0.1) is 0 Å². The van der Waals surface area contributed by atoms with E-state index in [0.717, 1.165) is 34.1 Å². The van der Waals surface area contributed by atoms with Gasteiger partial charge in [0.2, 0.25) is 0 Å². The second-order valence-electron chi connectivity index (χ2n) is 5.26. The second-order valence-corrected chi connectivity index (χ2v) is 6.11. The zero-order chi connectivity index (χ0) is 14.1. The molecule has 0 spiro atoms. The van der Waals surface area contributed by atoms with Crippen LogP contribution in [0.25, 0.3) is 0 Å². The Morgan fingerprint density at radius 1 is 1.10 bits per heavy atom. The Balaban J connectivity index is 1.80. The zero-order valence-electron chi connectivity index (χ0n) is 11.4. The molecule has 1 amide bonds. The van der Waals surface area contributed by atoms with Crippen LogP contribution in [0.5, 0.6) is 0 Å². The maximum Gasteiger partial charge on any atom is 0.255 e. The van der Waals surface area contributed by atoms with Crippen molar-refractivity contribution in [2.75, 3.05) is 5.32 Å². The van der Waals surface area contributed by atoms with Crippen LogP contribution in [-0.2, 0) is 12.8 Å². The van der Waals surface area contributed by atoms with Crippen LogP contribution in [0.2, 0.25) is 0 Å². The van der Waals surface area contributed by atoms with Crippen LogP contribution in [0.3, 0.4) is 0 Å². The van der Waals surface area contributed by atoms with E-state index in [9.17, 15) is 4.79 Å². The van der Waals surface area contributed by atoms with Crippen LogP contribution < -0.4 is 5.32 Å². The summed E-state index contributed by atoms with van der Waals surface area (Å²) in [4.78, 5) is 12.3. The number of carbonyl (C=O) groups excluding carboxylic acids is 1. The van der Waals surface area contributed by atoms with Gasteiger partial charge < -0.3 is 5.32 Å². The highest BCUT2D eigenvalue weighted by atomic mass is 79.9. The molecule has 20 heavy (non-hydrogen) atoms. The predicted molar refractivity (Wildman–Crippen MR) is 85.3 cm³/mol. The lowest BCUT2D eigenvalue weighted by Gasteiger charge is -2.08. The van der Waals surface area contributed by atoms with Gasteiger partial charge in [-0.2, -0.15) is 0 Å². The maximum absolute atomic E-state index is 12.3. The molecule has 0 radical (unpaired) electrons. The molecule has 0 atom stereocenters. The van der Waals surface area contributed by atoms with E-state index in [1.807, 2.05) is 37.3 Å². The van der Waals surface area contributed by atoms with Crippen molar-refractivity contribution in [1.29, 1.82) is 0 Å². The number of hydrogen-bond donors (Lipinski definition) is 1. The van der Waals surface area contributed by atoms with Crippen LogP contribution in [0, 0.1) is 6.92 Å². The minimum atomic E-state index is -0.0459. The third kappa shape index (κ3) is 2.63. The molecule has 1 N–H and O–H groups in total. The highest BCUT2D eigenvalue weighted by Gasteiger charge is 2.14. The Morgan fingerprint density at radius 3 is 2.70 bits per heavy atom. The molecule has 1 aliphatic carbocycles. The molecule has 0 saturated carbocycles. The first-order chi connectivity index (χ1) is 9.63. The van der Waals surface area contributed by atoms with Gasteiger partial charge in [-0.1, -0.05) is 28.1 Å². The number of fused-ring (bicyclic) bond motifs is 1. The first kappa shape index (κ1) is 13.4. The number of rotatable bonds is 2. The van der Waals surface area contributed by atoms with Gasteiger partial charge in [-0.15, -0.1) is 0 Å². The summed E-state index contributed by atoms with van der Waals surface area (Å²) in [5, 5.41) is 2.95. The quantitative estimate of drug-likeness (QED) is 0.863. The number of benzene rings is 2. The summed E-state index contributed by atoms with van der Waals surface area (Å²) in [7, 11) is 0. The molecule has 102 valence electrons. The molecular formula is C17H16BrNO. The molecule has 3 rings (SSSR count). The van der Waals surface area contributed by atoms with Crippen LogP contribution in [-0.4, -0.2) is 5.91 Å². The van der Waals surface area contributed by atoms with E-state index in [1.165, 1.54) is 17.5 Å². The smallest absolute Gasteiger partial charge is 0.255 e. The summed E-state index contributed by atoms with van der Waals surface area (Å²) in [5.41, 5.74) is 5.42. The maximum atomic E-state index is 12.3. The normalized spacial score (nSPS) is 13.1. The van der Waals surface area contributed by atoms with Crippen molar-refractivity contribution in [3.05, 3.63) is 63.1 Å². The first-order valence-corrected chi connectivity index (χ1v) is 7.62. The number of hydrogen-bond acceptors (Lipinski definition) is 1. The van der Waals surface area contributed by atoms with Gasteiger partial charge in [0.1, 0.15) is 0 Å². The van der Waals surface area contributed by atoms with Gasteiger partial charge in [0.15, 0.2) is 0 Å². The summed E-state index contributed by atoms with van der Waals surface area (Å²) in [5.74, 6) is -0.0459. The van der Waals surface area contributed by atoms with Crippen molar-refractivity contribution in [3.8, 4) is 0 Å². The van der Waals surface area contributed by atoms with E-state index in [4.69, 9.17) is 0 Å². The molecule has 0 unspecified atom stereocenters. The Morgan fingerprint density at radius 2 is 1.90 bits per heavy atom. The fourth-order valence-corrected chi connectivity index (χ4v) is 2.97. The van der Waals surface area contributed by atoms with Gasteiger partial charge in [-0.25, -0.2) is 0 Å². The number of amides is 1. The van der Waals surface area contributed by atoms with E-state index in [-0.39, 0.29) is 5.91 Å².